The molecule has 5 rings (SSSR count). The average molecular weight is 476 g/mol. The minimum Gasteiger partial charge on any atom is -0.489 e. The molecule has 0 saturated heterocycles. The number of carbonyl (C=O) groups excluding carboxylic acids is 1. The van der Waals surface area contributed by atoms with Crippen LogP contribution < -0.4 is 9.47 Å². The van der Waals surface area contributed by atoms with Crippen molar-refractivity contribution >= 4 is 44.3 Å². The maximum absolute atomic E-state index is 13.0. The highest BCUT2D eigenvalue weighted by Crippen LogP contribution is 2.38. The van der Waals surface area contributed by atoms with Crippen molar-refractivity contribution in [3.8, 4) is 11.5 Å². The number of aromatic nitrogens is 1. The Hall–Kier alpha value is -2.18. The number of halogens is 2. The van der Waals surface area contributed by atoms with Gasteiger partial charge in [0.25, 0.3) is 0 Å². The second-order valence-electron chi connectivity index (χ2n) is 7.44. The van der Waals surface area contributed by atoms with Gasteiger partial charge in [0.05, 0.1) is 30.2 Å². The first-order valence-corrected chi connectivity index (χ1v) is 10.9. The number of rotatable bonds is 2. The molecule has 0 atom stereocenters. The predicted molar refractivity (Wildman–Crippen MR) is 116 cm³/mol. The van der Waals surface area contributed by atoms with Crippen LogP contribution in [0.4, 0.5) is 0 Å². The zero-order valence-electron chi connectivity index (χ0n) is 15.8. The number of para-hydroxylation sites is 1. The van der Waals surface area contributed by atoms with E-state index in [1.54, 1.807) is 0 Å². The smallest absolute Gasteiger partial charge is 0.227 e. The number of hydrogen-bond donors (Lipinski definition) is 1. The van der Waals surface area contributed by atoms with Crippen LogP contribution in [0.5, 0.6) is 11.5 Å². The molecule has 0 fully saturated rings. The normalized spacial score (nSPS) is 15.9. The molecule has 0 radical (unpaired) electrons. The molecule has 3 heterocycles. The maximum atomic E-state index is 13.0. The molecule has 1 N–H and O–H groups in total. The van der Waals surface area contributed by atoms with Gasteiger partial charge in [-0.2, -0.15) is 0 Å². The second-order valence-corrected chi connectivity index (χ2v) is 8.70. The fourth-order valence-corrected chi connectivity index (χ4v) is 4.84. The molecule has 0 aliphatic carbocycles. The van der Waals surface area contributed by atoms with Crippen molar-refractivity contribution in [1.82, 2.24) is 9.88 Å². The molecular weight excluding hydrogens is 456 g/mol. The first kappa shape index (κ1) is 18.8. The van der Waals surface area contributed by atoms with Crippen LogP contribution in [0, 0.1) is 0 Å². The summed E-state index contributed by atoms with van der Waals surface area (Å²) in [6, 6.07) is 9.85. The molecule has 3 aromatic rings. The second kappa shape index (κ2) is 7.58. The van der Waals surface area contributed by atoms with Gasteiger partial charge in [-0.3, -0.25) is 4.79 Å². The molecule has 0 saturated carbocycles. The highest BCUT2D eigenvalue weighted by atomic mass is 79.9. The van der Waals surface area contributed by atoms with Crippen molar-refractivity contribution in [3.63, 3.8) is 0 Å². The van der Waals surface area contributed by atoms with E-state index in [-0.39, 0.29) is 12.3 Å². The van der Waals surface area contributed by atoms with Gasteiger partial charge in [-0.1, -0.05) is 23.7 Å². The highest BCUT2D eigenvalue weighted by molar-refractivity contribution is 9.10. The van der Waals surface area contributed by atoms with E-state index in [4.69, 9.17) is 21.1 Å². The van der Waals surface area contributed by atoms with E-state index >= 15 is 0 Å². The molecule has 5 nitrogen and oxygen atoms in total. The number of amides is 1. The Balaban J connectivity index is 1.37. The largest absolute Gasteiger partial charge is 0.489 e. The summed E-state index contributed by atoms with van der Waals surface area (Å²) in [5, 5.41) is 1.67. The molecule has 2 aliphatic rings. The number of H-pyrrole nitrogens is 1. The third kappa shape index (κ3) is 3.49. The van der Waals surface area contributed by atoms with Crippen molar-refractivity contribution in [2.45, 2.75) is 25.8 Å². The minimum atomic E-state index is 0.0885. The molecule has 0 unspecified atom stereocenters. The van der Waals surface area contributed by atoms with Gasteiger partial charge in [0, 0.05) is 47.0 Å². The van der Waals surface area contributed by atoms with Gasteiger partial charge in [-0.05, 0) is 39.7 Å². The number of hydrogen-bond acceptors (Lipinski definition) is 3. The Morgan fingerprint density at radius 3 is 3.00 bits per heavy atom. The number of fused-ring (bicyclic) bond motifs is 4. The Morgan fingerprint density at radius 2 is 2.10 bits per heavy atom. The van der Waals surface area contributed by atoms with E-state index in [1.165, 1.54) is 16.6 Å². The highest BCUT2D eigenvalue weighted by Gasteiger charge is 2.25. The van der Waals surface area contributed by atoms with Crippen LogP contribution in [0.3, 0.4) is 0 Å². The molecular formula is C22H20BrClN2O3. The molecule has 2 aromatic carbocycles. The predicted octanol–water partition coefficient (Wildman–Crippen LogP) is 4.87. The third-order valence-corrected chi connectivity index (χ3v) is 6.47. The molecule has 150 valence electrons. The van der Waals surface area contributed by atoms with E-state index in [0.717, 1.165) is 28.4 Å². The summed E-state index contributed by atoms with van der Waals surface area (Å²) in [4.78, 5) is 18.5. The Kier molecular flexibility index (Phi) is 4.92. The number of aromatic amines is 1. The molecule has 1 aromatic heterocycles. The standard InChI is InChI=1S/C22H20BrClN2O3/c23-16-4-1-3-14-15-12-26(6-5-18(15)25-21(14)16)20(27)11-13-9-17(24)22-19(10-13)28-7-2-8-29-22/h1,3-4,9-10,25H,2,5-8,11-12H2. The zero-order valence-corrected chi connectivity index (χ0v) is 18.1. The average Bonchev–Trinajstić information content (AvgIpc) is 2.91. The van der Waals surface area contributed by atoms with Crippen molar-refractivity contribution in [2.75, 3.05) is 19.8 Å². The molecule has 0 spiro atoms. The lowest BCUT2D eigenvalue weighted by atomic mass is 10.0. The van der Waals surface area contributed by atoms with Crippen LogP contribution in [0.15, 0.2) is 34.8 Å². The van der Waals surface area contributed by atoms with Gasteiger partial charge < -0.3 is 19.4 Å². The summed E-state index contributed by atoms with van der Waals surface area (Å²) in [5.74, 6) is 1.29. The van der Waals surface area contributed by atoms with Crippen LogP contribution >= 0.6 is 27.5 Å². The van der Waals surface area contributed by atoms with E-state index in [1.807, 2.05) is 29.2 Å². The summed E-state index contributed by atoms with van der Waals surface area (Å²) < 4.78 is 12.5. The van der Waals surface area contributed by atoms with Crippen molar-refractivity contribution < 1.29 is 14.3 Å². The van der Waals surface area contributed by atoms with Gasteiger partial charge in [0.1, 0.15) is 0 Å². The Labute approximate surface area is 182 Å². The van der Waals surface area contributed by atoms with E-state index in [9.17, 15) is 4.79 Å². The lowest BCUT2D eigenvalue weighted by Gasteiger charge is -2.27. The lowest BCUT2D eigenvalue weighted by Crippen LogP contribution is -2.36. The first-order valence-electron chi connectivity index (χ1n) is 9.74. The van der Waals surface area contributed by atoms with Gasteiger partial charge >= 0.3 is 0 Å². The van der Waals surface area contributed by atoms with Gasteiger partial charge in [0.2, 0.25) is 5.91 Å². The fraction of sp³-hybridized carbons (Fsp3) is 0.318. The molecule has 7 heteroatoms. The summed E-state index contributed by atoms with van der Waals surface area (Å²) in [6.45, 7) is 2.49. The van der Waals surface area contributed by atoms with Crippen molar-refractivity contribution in [2.24, 2.45) is 0 Å². The number of ether oxygens (including phenoxy) is 2. The quantitative estimate of drug-likeness (QED) is 0.575. The topological polar surface area (TPSA) is 54.6 Å². The van der Waals surface area contributed by atoms with Crippen molar-refractivity contribution in [3.05, 3.63) is 56.6 Å². The summed E-state index contributed by atoms with van der Waals surface area (Å²) in [6.07, 6.45) is 1.93. The van der Waals surface area contributed by atoms with E-state index in [2.05, 4.69) is 27.0 Å². The van der Waals surface area contributed by atoms with Gasteiger partial charge in [-0.25, -0.2) is 0 Å². The monoisotopic (exact) mass is 474 g/mol. The molecule has 29 heavy (non-hydrogen) atoms. The number of benzene rings is 2. The Bertz CT molecular complexity index is 1110. The first-order chi connectivity index (χ1) is 14.1. The molecule has 0 bridgehead atoms. The van der Waals surface area contributed by atoms with E-state index in [0.29, 0.717) is 42.8 Å². The SMILES string of the molecule is O=C(Cc1cc(Cl)c2c(c1)OCCCO2)N1CCc2[nH]c3c(Br)cccc3c2C1. The maximum Gasteiger partial charge on any atom is 0.227 e. The lowest BCUT2D eigenvalue weighted by molar-refractivity contribution is -0.131. The van der Waals surface area contributed by atoms with E-state index < -0.39 is 0 Å². The zero-order chi connectivity index (χ0) is 20.0. The van der Waals surface area contributed by atoms with Crippen LogP contribution in [0.1, 0.15) is 23.2 Å². The summed E-state index contributed by atoms with van der Waals surface area (Å²) in [5.41, 5.74) is 4.37. The summed E-state index contributed by atoms with van der Waals surface area (Å²) in [7, 11) is 0. The van der Waals surface area contributed by atoms with Crippen LogP contribution in [0.2, 0.25) is 5.02 Å². The fourth-order valence-electron chi connectivity index (χ4n) is 4.09. The number of nitrogens with one attached hydrogen (secondary N) is 1. The number of carbonyl (C=O) groups is 1. The van der Waals surface area contributed by atoms with Gasteiger partial charge in [-0.15, -0.1) is 0 Å². The van der Waals surface area contributed by atoms with Crippen LogP contribution in [0.25, 0.3) is 10.9 Å². The van der Waals surface area contributed by atoms with Crippen LogP contribution in [-0.4, -0.2) is 35.5 Å². The van der Waals surface area contributed by atoms with Gasteiger partial charge in [0.15, 0.2) is 11.5 Å². The molecule has 2 aliphatic heterocycles. The third-order valence-electron chi connectivity index (χ3n) is 5.53. The summed E-state index contributed by atoms with van der Waals surface area (Å²) >= 11 is 9.99. The Morgan fingerprint density at radius 1 is 1.24 bits per heavy atom. The van der Waals surface area contributed by atoms with Crippen molar-refractivity contribution in [1.29, 1.82) is 0 Å². The molecule has 1 amide bonds. The number of nitrogens with zero attached hydrogens (tertiary/aromatic N) is 1. The minimum absolute atomic E-state index is 0.0885. The van der Waals surface area contributed by atoms with Crippen LogP contribution in [-0.2, 0) is 24.2 Å².